The van der Waals surface area contributed by atoms with Crippen molar-refractivity contribution in [1.82, 2.24) is 5.16 Å². The highest BCUT2D eigenvalue weighted by Gasteiger charge is 2.04. The van der Waals surface area contributed by atoms with Crippen LogP contribution in [0, 0.1) is 0 Å². The van der Waals surface area contributed by atoms with E-state index in [-0.39, 0.29) is 0 Å². The molecule has 2 nitrogen and oxygen atoms in total. The van der Waals surface area contributed by atoms with Gasteiger partial charge < -0.3 is 4.52 Å². The van der Waals surface area contributed by atoms with Gasteiger partial charge in [0.2, 0.25) is 0 Å². The molecule has 4 heteroatoms. The van der Waals surface area contributed by atoms with Gasteiger partial charge in [0.05, 0.1) is 0 Å². The number of hydrogen-bond donors (Lipinski definition) is 0. The number of thioether (sulfide) groups is 1. The smallest absolute Gasteiger partial charge is 0.168 e. The van der Waals surface area contributed by atoms with Crippen LogP contribution in [0.15, 0.2) is 44.4 Å². The molecule has 0 amide bonds. The van der Waals surface area contributed by atoms with Crippen LogP contribution in [0.1, 0.15) is 0 Å². The van der Waals surface area contributed by atoms with E-state index in [1.807, 2.05) is 36.6 Å². The van der Waals surface area contributed by atoms with Gasteiger partial charge in [-0.15, -0.1) is 11.8 Å². The highest BCUT2D eigenvalue weighted by atomic mass is 79.9. The van der Waals surface area contributed by atoms with Gasteiger partial charge in [-0.05, 0) is 18.4 Å². The number of nitrogens with zero attached hydrogens (tertiary/aromatic N) is 1. The molecule has 0 saturated heterocycles. The standard InChI is InChI=1S/C10H8BrNOS/c1-14-10-6-9(13-12-10)7-2-4-8(11)5-3-7/h2-6H,1H3. The Kier molecular flexibility index (Phi) is 2.93. The number of rotatable bonds is 2. The second-order valence-corrected chi connectivity index (χ2v) is 4.48. The number of benzene rings is 1. The van der Waals surface area contributed by atoms with Crippen LogP contribution < -0.4 is 0 Å². The molecule has 0 aliphatic carbocycles. The Balaban J connectivity index is 2.34. The average Bonchev–Trinajstić information content (AvgIpc) is 2.67. The molecular formula is C10H8BrNOS. The zero-order valence-electron chi connectivity index (χ0n) is 7.53. The van der Waals surface area contributed by atoms with Crippen molar-refractivity contribution in [3.05, 3.63) is 34.8 Å². The summed E-state index contributed by atoms with van der Waals surface area (Å²) in [5, 5.41) is 4.82. The van der Waals surface area contributed by atoms with Crippen molar-refractivity contribution in [3.63, 3.8) is 0 Å². The van der Waals surface area contributed by atoms with E-state index in [1.165, 1.54) is 0 Å². The van der Waals surface area contributed by atoms with Crippen molar-refractivity contribution in [2.24, 2.45) is 0 Å². The SMILES string of the molecule is CSc1cc(-c2ccc(Br)cc2)on1. The lowest BCUT2D eigenvalue weighted by Crippen LogP contribution is -1.71. The second-order valence-electron chi connectivity index (χ2n) is 2.74. The molecule has 72 valence electrons. The minimum absolute atomic E-state index is 0.807. The molecule has 0 saturated carbocycles. The Morgan fingerprint density at radius 3 is 2.57 bits per heavy atom. The molecule has 1 aromatic heterocycles. The van der Waals surface area contributed by atoms with Gasteiger partial charge in [0.25, 0.3) is 0 Å². The second kappa shape index (κ2) is 4.19. The molecule has 2 rings (SSSR count). The molecule has 0 radical (unpaired) electrons. The first-order valence-electron chi connectivity index (χ1n) is 4.06. The van der Waals surface area contributed by atoms with Gasteiger partial charge in [-0.3, -0.25) is 0 Å². The first kappa shape index (κ1) is 9.80. The van der Waals surface area contributed by atoms with Crippen molar-refractivity contribution >= 4 is 27.7 Å². The van der Waals surface area contributed by atoms with Crippen LogP contribution in [0.25, 0.3) is 11.3 Å². The van der Waals surface area contributed by atoms with Crippen molar-refractivity contribution in [2.45, 2.75) is 5.03 Å². The predicted octanol–water partition coefficient (Wildman–Crippen LogP) is 3.83. The molecule has 0 bridgehead atoms. The Bertz CT molecular complexity index is 424. The van der Waals surface area contributed by atoms with Crippen molar-refractivity contribution in [2.75, 3.05) is 6.26 Å². The quantitative estimate of drug-likeness (QED) is 0.776. The lowest BCUT2D eigenvalue weighted by Gasteiger charge is -1.94. The molecule has 0 N–H and O–H groups in total. The fraction of sp³-hybridized carbons (Fsp3) is 0.100. The summed E-state index contributed by atoms with van der Waals surface area (Å²) >= 11 is 4.96. The minimum Gasteiger partial charge on any atom is -0.355 e. The van der Waals surface area contributed by atoms with Gasteiger partial charge in [-0.25, -0.2) is 0 Å². The topological polar surface area (TPSA) is 26.0 Å². The van der Waals surface area contributed by atoms with E-state index in [4.69, 9.17) is 4.52 Å². The van der Waals surface area contributed by atoms with Crippen molar-refractivity contribution in [3.8, 4) is 11.3 Å². The predicted molar refractivity (Wildman–Crippen MR) is 61.4 cm³/mol. The summed E-state index contributed by atoms with van der Waals surface area (Å²) in [6.07, 6.45) is 1.98. The Morgan fingerprint density at radius 1 is 1.29 bits per heavy atom. The Hall–Kier alpha value is -0.740. The van der Waals surface area contributed by atoms with E-state index in [9.17, 15) is 0 Å². The highest BCUT2D eigenvalue weighted by molar-refractivity contribution is 9.10. The molecule has 0 atom stereocenters. The maximum absolute atomic E-state index is 5.20. The third kappa shape index (κ3) is 2.01. The van der Waals surface area contributed by atoms with Crippen LogP contribution in [0.4, 0.5) is 0 Å². The van der Waals surface area contributed by atoms with E-state index in [1.54, 1.807) is 11.8 Å². The van der Waals surface area contributed by atoms with Crippen LogP contribution in [0.2, 0.25) is 0 Å². The van der Waals surface area contributed by atoms with E-state index >= 15 is 0 Å². The van der Waals surface area contributed by atoms with E-state index < -0.39 is 0 Å². The summed E-state index contributed by atoms with van der Waals surface area (Å²) in [6, 6.07) is 9.89. The van der Waals surface area contributed by atoms with Crippen LogP contribution in [-0.2, 0) is 0 Å². The minimum atomic E-state index is 0.807. The summed E-state index contributed by atoms with van der Waals surface area (Å²) in [4.78, 5) is 0. The summed E-state index contributed by atoms with van der Waals surface area (Å²) in [7, 11) is 0. The number of hydrogen-bond acceptors (Lipinski definition) is 3. The molecule has 0 aliphatic rings. The fourth-order valence-corrected chi connectivity index (χ4v) is 1.71. The molecular weight excluding hydrogens is 262 g/mol. The molecule has 2 aromatic rings. The van der Waals surface area contributed by atoms with Crippen LogP contribution in [0.3, 0.4) is 0 Å². The zero-order chi connectivity index (χ0) is 9.97. The van der Waals surface area contributed by atoms with E-state index in [0.717, 1.165) is 20.8 Å². The maximum atomic E-state index is 5.20. The van der Waals surface area contributed by atoms with Crippen molar-refractivity contribution in [1.29, 1.82) is 0 Å². The number of halogens is 1. The molecule has 14 heavy (non-hydrogen) atoms. The fourth-order valence-electron chi connectivity index (χ4n) is 1.11. The van der Waals surface area contributed by atoms with E-state index in [2.05, 4.69) is 21.1 Å². The lowest BCUT2D eigenvalue weighted by molar-refractivity contribution is 0.415. The third-order valence-corrected chi connectivity index (χ3v) is 2.97. The first-order chi connectivity index (χ1) is 6.79. The monoisotopic (exact) mass is 269 g/mol. The molecule has 1 heterocycles. The van der Waals surface area contributed by atoms with Gasteiger partial charge in [-0.2, -0.15) is 0 Å². The van der Waals surface area contributed by atoms with Gasteiger partial charge in [0.1, 0.15) is 5.03 Å². The van der Waals surface area contributed by atoms with E-state index in [0.29, 0.717) is 0 Å². The average molecular weight is 270 g/mol. The molecule has 0 fully saturated rings. The van der Waals surface area contributed by atoms with Crippen LogP contribution in [0.5, 0.6) is 0 Å². The summed E-state index contributed by atoms with van der Waals surface area (Å²) in [6.45, 7) is 0. The number of aromatic nitrogens is 1. The molecule has 0 unspecified atom stereocenters. The van der Waals surface area contributed by atoms with Crippen LogP contribution >= 0.6 is 27.7 Å². The largest absolute Gasteiger partial charge is 0.355 e. The zero-order valence-corrected chi connectivity index (χ0v) is 9.93. The molecule has 0 aliphatic heterocycles. The molecule has 1 aromatic carbocycles. The normalized spacial score (nSPS) is 10.4. The van der Waals surface area contributed by atoms with Gasteiger partial charge in [-0.1, -0.05) is 33.2 Å². The van der Waals surface area contributed by atoms with Crippen molar-refractivity contribution < 1.29 is 4.52 Å². The summed E-state index contributed by atoms with van der Waals surface area (Å²) in [5.41, 5.74) is 1.04. The first-order valence-corrected chi connectivity index (χ1v) is 6.08. The third-order valence-electron chi connectivity index (χ3n) is 1.83. The Labute approximate surface area is 94.8 Å². The van der Waals surface area contributed by atoms with Gasteiger partial charge >= 0.3 is 0 Å². The summed E-state index contributed by atoms with van der Waals surface area (Å²) in [5.74, 6) is 0.807. The molecule has 0 spiro atoms. The maximum Gasteiger partial charge on any atom is 0.168 e. The summed E-state index contributed by atoms with van der Waals surface area (Å²) < 4.78 is 6.26. The lowest BCUT2D eigenvalue weighted by atomic mass is 10.2. The van der Waals surface area contributed by atoms with Gasteiger partial charge in [0.15, 0.2) is 5.76 Å². The van der Waals surface area contributed by atoms with Gasteiger partial charge in [0, 0.05) is 16.1 Å². The van der Waals surface area contributed by atoms with Crippen LogP contribution in [-0.4, -0.2) is 11.4 Å². The Morgan fingerprint density at radius 2 is 2.00 bits per heavy atom. The highest BCUT2D eigenvalue weighted by Crippen LogP contribution is 2.25.